The molecule has 110 valence electrons. The second-order valence-corrected chi connectivity index (χ2v) is 5.23. The first kappa shape index (κ1) is 14.7. The summed E-state index contributed by atoms with van der Waals surface area (Å²) in [6, 6.07) is 7.32. The Morgan fingerprint density at radius 3 is 2.70 bits per heavy atom. The van der Waals surface area contributed by atoms with Gasteiger partial charge in [-0.25, -0.2) is 0 Å². The van der Waals surface area contributed by atoms with Gasteiger partial charge in [0.15, 0.2) is 0 Å². The lowest BCUT2D eigenvalue weighted by Gasteiger charge is -2.33. The molecule has 0 saturated carbocycles. The first-order chi connectivity index (χ1) is 9.28. The van der Waals surface area contributed by atoms with Crippen LogP contribution in [0, 0.1) is 0 Å². The summed E-state index contributed by atoms with van der Waals surface area (Å²) >= 11 is 0. The van der Waals surface area contributed by atoms with Crippen molar-refractivity contribution in [3.63, 3.8) is 0 Å². The number of rotatable bonds is 2. The molecule has 0 aromatic heterocycles. The van der Waals surface area contributed by atoms with E-state index in [1.54, 1.807) is 12.1 Å². The van der Waals surface area contributed by atoms with Crippen LogP contribution in [0.3, 0.4) is 0 Å². The first-order valence-electron chi connectivity index (χ1n) is 6.45. The minimum Gasteiger partial charge on any atom is -0.382 e. The maximum atomic E-state index is 12.4. The number of hydrogen-bond donors (Lipinski definition) is 1. The Bertz CT molecular complexity index is 501. The molecule has 2 rings (SSSR count). The molecule has 0 saturated heterocycles. The number of amides is 1. The fraction of sp³-hybridized carbons (Fsp3) is 0.500. The summed E-state index contributed by atoms with van der Waals surface area (Å²) < 4.78 is 37.2. The van der Waals surface area contributed by atoms with Gasteiger partial charge in [-0.1, -0.05) is 18.2 Å². The van der Waals surface area contributed by atoms with E-state index in [9.17, 15) is 18.0 Å². The molecule has 0 bridgehead atoms. The minimum absolute atomic E-state index is 0.0538. The highest BCUT2D eigenvalue weighted by Gasteiger charge is 2.36. The van der Waals surface area contributed by atoms with E-state index in [1.165, 1.54) is 7.05 Å². The molecule has 1 amide bonds. The smallest absolute Gasteiger partial charge is 0.382 e. The van der Waals surface area contributed by atoms with Gasteiger partial charge in [-0.15, -0.1) is 0 Å². The van der Waals surface area contributed by atoms with Crippen molar-refractivity contribution in [3.8, 4) is 0 Å². The Kier molecular flexibility index (Phi) is 3.92. The molecule has 2 atom stereocenters. The molecule has 1 N–H and O–H groups in total. The van der Waals surface area contributed by atoms with E-state index in [2.05, 4.69) is 5.32 Å². The van der Waals surface area contributed by atoms with Crippen LogP contribution in [0.2, 0.25) is 0 Å². The largest absolute Gasteiger partial charge is 0.406 e. The van der Waals surface area contributed by atoms with Crippen LogP contribution in [0.5, 0.6) is 0 Å². The van der Waals surface area contributed by atoms with Gasteiger partial charge in [0, 0.05) is 18.8 Å². The summed E-state index contributed by atoms with van der Waals surface area (Å²) in [7, 11) is 1.20. The number of hydrogen-bond acceptors (Lipinski definition) is 2. The predicted octanol–water partition coefficient (Wildman–Crippen LogP) is 3.00. The highest BCUT2D eigenvalue weighted by atomic mass is 19.4. The lowest BCUT2D eigenvalue weighted by atomic mass is 9.86. The van der Waals surface area contributed by atoms with Crippen molar-refractivity contribution < 1.29 is 18.0 Å². The number of halogens is 3. The highest BCUT2D eigenvalue weighted by Crippen LogP contribution is 2.35. The number of benzene rings is 1. The fourth-order valence-electron chi connectivity index (χ4n) is 2.58. The molecule has 3 nitrogen and oxygen atoms in total. The van der Waals surface area contributed by atoms with Gasteiger partial charge in [0.2, 0.25) is 5.91 Å². The molecule has 0 spiro atoms. The second-order valence-electron chi connectivity index (χ2n) is 5.23. The minimum atomic E-state index is -4.37. The number of nitrogens with one attached hydrogen (secondary N) is 1. The summed E-state index contributed by atoms with van der Waals surface area (Å²) in [5.74, 6) is -1.00. The molecule has 6 heteroatoms. The normalized spacial score (nSPS) is 21.9. The lowest BCUT2D eigenvalue weighted by molar-refractivity contribution is -0.159. The average Bonchev–Trinajstić information content (AvgIpc) is 2.34. The monoisotopic (exact) mass is 286 g/mol. The number of likely N-dealkylation sites (N-methyl/N-ethyl adjacent to an activating group) is 1. The second kappa shape index (κ2) is 5.34. The average molecular weight is 286 g/mol. The van der Waals surface area contributed by atoms with Gasteiger partial charge in [-0.3, -0.25) is 4.79 Å². The third-order valence-corrected chi connectivity index (χ3v) is 3.42. The van der Waals surface area contributed by atoms with Gasteiger partial charge in [-0.2, -0.15) is 13.2 Å². The fourth-order valence-corrected chi connectivity index (χ4v) is 2.58. The van der Waals surface area contributed by atoms with Crippen LogP contribution >= 0.6 is 0 Å². The molecule has 0 aliphatic carbocycles. The Hall–Kier alpha value is -1.72. The van der Waals surface area contributed by atoms with Gasteiger partial charge < -0.3 is 10.2 Å². The lowest BCUT2D eigenvalue weighted by Crippen LogP contribution is -2.41. The first-order valence-corrected chi connectivity index (χ1v) is 6.45. The number of carbonyl (C=O) groups excluding carboxylic acids is 1. The van der Waals surface area contributed by atoms with E-state index in [1.807, 2.05) is 19.1 Å². The molecule has 1 aromatic carbocycles. The molecule has 1 aliphatic rings. The quantitative estimate of drug-likeness (QED) is 0.906. The molecular formula is C14H17F3N2O. The van der Waals surface area contributed by atoms with E-state index in [0.717, 1.165) is 16.2 Å². The van der Waals surface area contributed by atoms with E-state index in [-0.39, 0.29) is 6.04 Å². The van der Waals surface area contributed by atoms with Gasteiger partial charge >= 0.3 is 6.18 Å². The number of alkyl halides is 3. The van der Waals surface area contributed by atoms with Crippen molar-refractivity contribution in [2.45, 2.75) is 31.5 Å². The molecule has 20 heavy (non-hydrogen) atoms. The third-order valence-electron chi connectivity index (χ3n) is 3.42. The Morgan fingerprint density at radius 1 is 1.40 bits per heavy atom. The van der Waals surface area contributed by atoms with Crippen molar-refractivity contribution >= 4 is 11.6 Å². The van der Waals surface area contributed by atoms with Crippen molar-refractivity contribution in [1.29, 1.82) is 0 Å². The summed E-state index contributed by atoms with van der Waals surface area (Å²) in [6.07, 6.45) is -3.87. The number of nitrogens with zero attached hydrogens (tertiary/aromatic N) is 1. The zero-order valence-electron chi connectivity index (χ0n) is 11.4. The molecular weight excluding hydrogens is 269 g/mol. The van der Waals surface area contributed by atoms with Crippen molar-refractivity contribution in [2.24, 2.45) is 0 Å². The number of carbonyl (C=O) groups is 1. The number of fused-ring (bicyclic) bond motifs is 1. The highest BCUT2D eigenvalue weighted by molar-refractivity contribution is 5.86. The topological polar surface area (TPSA) is 32.3 Å². The number of anilines is 1. The molecule has 1 aliphatic heterocycles. The van der Waals surface area contributed by atoms with E-state index in [0.29, 0.717) is 6.42 Å². The van der Waals surface area contributed by atoms with Crippen molar-refractivity contribution in [2.75, 3.05) is 18.9 Å². The summed E-state index contributed by atoms with van der Waals surface area (Å²) in [5, 5.41) is 3.24. The summed E-state index contributed by atoms with van der Waals surface area (Å²) in [5.41, 5.74) is 1.59. The van der Waals surface area contributed by atoms with Crippen LogP contribution in [-0.4, -0.2) is 36.6 Å². The molecule has 0 fully saturated rings. The Morgan fingerprint density at radius 2 is 2.05 bits per heavy atom. The predicted molar refractivity (Wildman–Crippen MR) is 70.6 cm³/mol. The molecule has 2 unspecified atom stereocenters. The maximum Gasteiger partial charge on any atom is 0.406 e. The SMILES string of the molecule is CC1CC(C(=O)N(C)CC(F)(F)F)c2ccccc2N1. The van der Waals surface area contributed by atoms with Crippen molar-refractivity contribution in [3.05, 3.63) is 29.8 Å². The van der Waals surface area contributed by atoms with Gasteiger partial charge in [0.1, 0.15) is 6.54 Å². The molecule has 1 heterocycles. The summed E-state index contributed by atoms with van der Waals surface area (Å²) in [4.78, 5) is 13.0. The van der Waals surface area contributed by atoms with Crippen LogP contribution in [0.1, 0.15) is 24.8 Å². The Balaban J connectivity index is 2.22. The zero-order chi connectivity index (χ0) is 14.9. The van der Waals surface area contributed by atoms with Crippen molar-refractivity contribution in [1.82, 2.24) is 4.90 Å². The molecule has 0 radical (unpaired) electrons. The van der Waals surface area contributed by atoms with E-state index in [4.69, 9.17) is 0 Å². The Labute approximate surface area is 115 Å². The van der Waals surface area contributed by atoms with Gasteiger partial charge in [-0.05, 0) is 25.0 Å². The standard InChI is InChI=1S/C14H17F3N2O/c1-9-7-11(10-5-3-4-6-12(10)18-9)13(20)19(2)8-14(15,16)17/h3-6,9,11,18H,7-8H2,1-2H3. The van der Waals surface area contributed by atoms with E-state index < -0.39 is 24.5 Å². The van der Waals surface area contributed by atoms with E-state index >= 15 is 0 Å². The van der Waals surface area contributed by atoms with Gasteiger partial charge in [0.05, 0.1) is 5.92 Å². The van der Waals surface area contributed by atoms with Crippen LogP contribution in [0.25, 0.3) is 0 Å². The van der Waals surface area contributed by atoms with Crippen LogP contribution in [-0.2, 0) is 4.79 Å². The maximum absolute atomic E-state index is 12.4. The van der Waals surface area contributed by atoms with Crippen LogP contribution < -0.4 is 5.32 Å². The van der Waals surface area contributed by atoms with Gasteiger partial charge in [0.25, 0.3) is 0 Å². The molecule has 1 aromatic rings. The third kappa shape index (κ3) is 3.23. The number of para-hydroxylation sites is 1. The van der Waals surface area contributed by atoms with Crippen LogP contribution in [0.15, 0.2) is 24.3 Å². The zero-order valence-corrected chi connectivity index (χ0v) is 11.4. The summed E-state index contributed by atoms with van der Waals surface area (Å²) in [6.45, 7) is 0.701. The van der Waals surface area contributed by atoms with Crippen LogP contribution in [0.4, 0.5) is 18.9 Å².